The van der Waals surface area contributed by atoms with E-state index in [1.807, 2.05) is 42.1 Å². The fourth-order valence-electron chi connectivity index (χ4n) is 2.73. The summed E-state index contributed by atoms with van der Waals surface area (Å²) in [7, 11) is 1.99. The number of amides is 1. The maximum absolute atomic E-state index is 11.9. The summed E-state index contributed by atoms with van der Waals surface area (Å²) in [6.45, 7) is 3.66. The molecule has 0 radical (unpaired) electrons. The monoisotopic (exact) mass is 302 g/mol. The Morgan fingerprint density at radius 2 is 2.32 bits per heavy atom. The zero-order valence-electron chi connectivity index (χ0n) is 12.9. The van der Waals surface area contributed by atoms with Crippen LogP contribution in [0.25, 0.3) is 10.9 Å². The molecule has 1 fully saturated rings. The number of hydrazine groups is 1. The van der Waals surface area contributed by atoms with Crippen LogP contribution < -0.4 is 20.9 Å². The first-order valence-corrected chi connectivity index (χ1v) is 7.57. The predicted octanol–water partition coefficient (Wildman–Crippen LogP) is 0.786. The number of aromatic nitrogens is 1. The van der Waals surface area contributed by atoms with E-state index in [4.69, 9.17) is 4.74 Å². The number of nitrogens with zero attached hydrogens (tertiary/aromatic N) is 1. The highest BCUT2D eigenvalue weighted by Crippen LogP contribution is 2.25. The van der Waals surface area contributed by atoms with Crippen LogP contribution in [0.15, 0.2) is 30.5 Å². The maximum Gasteiger partial charge on any atom is 0.257 e. The molecule has 2 unspecified atom stereocenters. The number of hydrogen-bond acceptors (Lipinski definition) is 4. The Balaban J connectivity index is 1.54. The molecule has 1 aromatic heterocycles. The van der Waals surface area contributed by atoms with Gasteiger partial charge in [0, 0.05) is 43.7 Å². The maximum atomic E-state index is 11.9. The van der Waals surface area contributed by atoms with Crippen molar-refractivity contribution in [3.05, 3.63) is 30.5 Å². The minimum Gasteiger partial charge on any atom is -0.483 e. The molecule has 0 bridgehead atoms. The van der Waals surface area contributed by atoms with Crippen molar-refractivity contribution >= 4 is 16.8 Å². The summed E-state index contributed by atoms with van der Waals surface area (Å²) in [6, 6.07) is 8.22. The second-order valence-corrected chi connectivity index (χ2v) is 5.78. The van der Waals surface area contributed by atoms with E-state index in [1.54, 1.807) is 0 Å². The first kappa shape index (κ1) is 14.9. The largest absolute Gasteiger partial charge is 0.483 e. The van der Waals surface area contributed by atoms with E-state index < -0.39 is 0 Å². The molecule has 6 heteroatoms. The van der Waals surface area contributed by atoms with Crippen LogP contribution in [0.1, 0.15) is 6.92 Å². The van der Waals surface area contributed by atoms with E-state index in [-0.39, 0.29) is 12.5 Å². The van der Waals surface area contributed by atoms with Crippen LogP contribution in [0.4, 0.5) is 0 Å². The molecule has 1 saturated heterocycles. The van der Waals surface area contributed by atoms with Crippen LogP contribution in [-0.2, 0) is 11.8 Å². The summed E-state index contributed by atoms with van der Waals surface area (Å²) in [5.74, 6) is 1.05. The van der Waals surface area contributed by atoms with Crippen molar-refractivity contribution in [2.24, 2.45) is 13.0 Å². The van der Waals surface area contributed by atoms with Gasteiger partial charge < -0.3 is 14.6 Å². The highest BCUT2D eigenvalue weighted by molar-refractivity contribution is 5.87. The molecule has 22 heavy (non-hydrogen) atoms. The van der Waals surface area contributed by atoms with E-state index in [0.717, 1.165) is 23.2 Å². The van der Waals surface area contributed by atoms with Gasteiger partial charge >= 0.3 is 0 Å². The molecule has 0 spiro atoms. The molecule has 1 aromatic carbocycles. The van der Waals surface area contributed by atoms with Crippen molar-refractivity contribution < 1.29 is 9.53 Å². The molecule has 2 aromatic rings. The molecular formula is C16H22N4O2. The van der Waals surface area contributed by atoms with E-state index >= 15 is 0 Å². The Morgan fingerprint density at radius 3 is 3.09 bits per heavy atom. The van der Waals surface area contributed by atoms with Gasteiger partial charge in [0.2, 0.25) is 0 Å². The molecule has 0 aliphatic carbocycles. The molecule has 3 rings (SSSR count). The van der Waals surface area contributed by atoms with E-state index in [9.17, 15) is 4.79 Å². The molecule has 118 valence electrons. The Labute approximate surface area is 129 Å². The SMILES string of the molecule is CC1NNCC1CNC(=O)COc1cccc2c1ccn2C. The van der Waals surface area contributed by atoms with Gasteiger partial charge in [0.15, 0.2) is 6.61 Å². The zero-order chi connectivity index (χ0) is 15.5. The molecule has 2 atom stereocenters. The van der Waals surface area contributed by atoms with E-state index in [1.165, 1.54) is 0 Å². The van der Waals surface area contributed by atoms with Crippen molar-refractivity contribution in [3.63, 3.8) is 0 Å². The molecule has 6 nitrogen and oxygen atoms in total. The number of carbonyl (C=O) groups excluding carboxylic acids is 1. The van der Waals surface area contributed by atoms with E-state index in [0.29, 0.717) is 18.5 Å². The van der Waals surface area contributed by atoms with Crippen molar-refractivity contribution in [2.45, 2.75) is 13.0 Å². The van der Waals surface area contributed by atoms with Crippen LogP contribution in [0.3, 0.4) is 0 Å². The Hall–Kier alpha value is -2.05. The molecule has 1 amide bonds. The van der Waals surface area contributed by atoms with Crippen molar-refractivity contribution in [1.29, 1.82) is 0 Å². The average molecular weight is 302 g/mol. The Kier molecular flexibility index (Phi) is 4.31. The van der Waals surface area contributed by atoms with Gasteiger partial charge in [-0.05, 0) is 25.1 Å². The third kappa shape index (κ3) is 3.08. The van der Waals surface area contributed by atoms with Crippen molar-refractivity contribution in [3.8, 4) is 5.75 Å². The lowest BCUT2D eigenvalue weighted by atomic mass is 10.0. The van der Waals surface area contributed by atoms with Gasteiger partial charge in [0.05, 0.1) is 5.52 Å². The number of nitrogens with one attached hydrogen (secondary N) is 3. The second kappa shape index (κ2) is 6.37. The van der Waals surface area contributed by atoms with Gasteiger partial charge in [-0.25, -0.2) is 0 Å². The van der Waals surface area contributed by atoms with Gasteiger partial charge in [0.1, 0.15) is 5.75 Å². The van der Waals surface area contributed by atoms with Crippen LogP contribution in [-0.4, -0.2) is 36.2 Å². The number of fused-ring (bicyclic) bond motifs is 1. The normalized spacial score (nSPS) is 21.2. The summed E-state index contributed by atoms with van der Waals surface area (Å²) in [5, 5.41) is 3.95. The minimum absolute atomic E-state index is 0.0377. The predicted molar refractivity (Wildman–Crippen MR) is 85.5 cm³/mol. The molecular weight excluding hydrogens is 280 g/mol. The third-order valence-electron chi connectivity index (χ3n) is 4.21. The lowest BCUT2D eigenvalue weighted by Gasteiger charge is -2.14. The fourth-order valence-corrected chi connectivity index (χ4v) is 2.73. The summed E-state index contributed by atoms with van der Waals surface area (Å²) in [5.41, 5.74) is 7.32. The highest BCUT2D eigenvalue weighted by atomic mass is 16.5. The summed E-state index contributed by atoms with van der Waals surface area (Å²) in [6.07, 6.45) is 1.99. The number of carbonyl (C=O) groups is 1. The molecule has 1 aliphatic rings. The minimum atomic E-state index is -0.0907. The number of ether oxygens (including phenoxy) is 1. The van der Waals surface area contributed by atoms with Gasteiger partial charge in [0.25, 0.3) is 5.91 Å². The smallest absolute Gasteiger partial charge is 0.257 e. The van der Waals surface area contributed by atoms with Crippen molar-refractivity contribution in [1.82, 2.24) is 20.7 Å². The Bertz CT molecular complexity index is 667. The highest BCUT2D eigenvalue weighted by Gasteiger charge is 2.22. The number of rotatable bonds is 5. The summed E-state index contributed by atoms with van der Waals surface area (Å²) in [4.78, 5) is 11.9. The number of benzene rings is 1. The molecule has 0 saturated carbocycles. The standard InChI is InChI=1S/C16H22N4O2/c1-11-12(9-18-19-11)8-17-16(21)10-22-15-5-3-4-14-13(15)6-7-20(14)2/h3-7,11-12,18-19H,8-10H2,1-2H3,(H,17,21). The first-order valence-electron chi connectivity index (χ1n) is 7.57. The lowest BCUT2D eigenvalue weighted by Crippen LogP contribution is -2.37. The zero-order valence-corrected chi connectivity index (χ0v) is 12.9. The average Bonchev–Trinajstić information content (AvgIpc) is 3.10. The van der Waals surface area contributed by atoms with Crippen LogP contribution >= 0.6 is 0 Å². The molecule has 2 heterocycles. The van der Waals surface area contributed by atoms with Gasteiger partial charge in [-0.2, -0.15) is 0 Å². The molecule has 3 N–H and O–H groups in total. The second-order valence-electron chi connectivity index (χ2n) is 5.78. The third-order valence-corrected chi connectivity index (χ3v) is 4.21. The van der Waals surface area contributed by atoms with E-state index in [2.05, 4.69) is 23.1 Å². The van der Waals surface area contributed by atoms with Gasteiger partial charge in [-0.15, -0.1) is 0 Å². The quantitative estimate of drug-likeness (QED) is 0.764. The Morgan fingerprint density at radius 1 is 1.45 bits per heavy atom. The molecule has 1 aliphatic heterocycles. The topological polar surface area (TPSA) is 67.3 Å². The van der Waals surface area contributed by atoms with Crippen LogP contribution in [0, 0.1) is 5.92 Å². The number of hydrogen-bond donors (Lipinski definition) is 3. The summed E-state index contributed by atoms with van der Waals surface area (Å²) >= 11 is 0. The fraction of sp³-hybridized carbons (Fsp3) is 0.438. The van der Waals surface area contributed by atoms with Crippen LogP contribution in [0.2, 0.25) is 0 Å². The lowest BCUT2D eigenvalue weighted by molar-refractivity contribution is -0.123. The first-order chi connectivity index (χ1) is 10.6. The number of aryl methyl sites for hydroxylation is 1. The summed E-state index contributed by atoms with van der Waals surface area (Å²) < 4.78 is 7.71. The van der Waals surface area contributed by atoms with Crippen LogP contribution in [0.5, 0.6) is 5.75 Å². The van der Waals surface area contributed by atoms with Gasteiger partial charge in [-0.3, -0.25) is 15.6 Å². The van der Waals surface area contributed by atoms with Crippen molar-refractivity contribution in [2.75, 3.05) is 19.7 Å². The van der Waals surface area contributed by atoms with Gasteiger partial charge in [-0.1, -0.05) is 6.07 Å².